The lowest BCUT2D eigenvalue weighted by molar-refractivity contribution is -0.130. The molecule has 0 atom stereocenters. The van der Waals surface area contributed by atoms with Crippen LogP contribution in [0.4, 0.5) is 5.69 Å². The van der Waals surface area contributed by atoms with Crippen molar-refractivity contribution in [2.75, 3.05) is 18.4 Å². The van der Waals surface area contributed by atoms with E-state index in [9.17, 15) is 9.59 Å². The van der Waals surface area contributed by atoms with Gasteiger partial charge in [0.15, 0.2) is 0 Å². The van der Waals surface area contributed by atoms with E-state index in [1.807, 2.05) is 72.8 Å². The zero-order chi connectivity index (χ0) is 22.9. The zero-order valence-electron chi connectivity index (χ0n) is 18.4. The van der Waals surface area contributed by atoms with Gasteiger partial charge in [-0.25, -0.2) is 0 Å². The van der Waals surface area contributed by atoms with E-state index in [4.69, 9.17) is 4.74 Å². The molecular weight excluding hydrogens is 414 g/mol. The van der Waals surface area contributed by atoms with Crippen molar-refractivity contribution in [2.45, 2.75) is 19.4 Å². The molecule has 6 nitrogen and oxygen atoms in total. The van der Waals surface area contributed by atoms with Gasteiger partial charge in [0.25, 0.3) is 0 Å². The fraction of sp³-hybridized carbons (Fsp3) is 0.222. The second kappa shape index (κ2) is 11.1. The predicted molar refractivity (Wildman–Crippen MR) is 128 cm³/mol. The Labute approximate surface area is 193 Å². The lowest BCUT2D eigenvalue weighted by Gasteiger charge is -2.30. The van der Waals surface area contributed by atoms with E-state index < -0.39 is 0 Å². The molecule has 1 N–H and O–H groups in total. The highest BCUT2D eigenvalue weighted by Gasteiger charge is 2.26. The Morgan fingerprint density at radius 3 is 2.39 bits per heavy atom. The molecule has 0 saturated carbocycles. The summed E-state index contributed by atoms with van der Waals surface area (Å²) in [5, 5.41) is 2.96. The highest BCUT2D eigenvalue weighted by Crippen LogP contribution is 2.20. The topological polar surface area (TPSA) is 71.5 Å². The molecule has 3 aromatic rings. The van der Waals surface area contributed by atoms with Gasteiger partial charge in [-0.2, -0.15) is 0 Å². The lowest BCUT2D eigenvalue weighted by Crippen LogP contribution is -2.40. The number of nitrogens with zero attached hydrogens (tertiary/aromatic N) is 2. The Hall–Kier alpha value is -3.93. The number of piperidine rings is 1. The number of anilines is 1. The van der Waals surface area contributed by atoms with Crippen molar-refractivity contribution in [1.29, 1.82) is 0 Å². The van der Waals surface area contributed by atoms with Crippen LogP contribution in [-0.4, -0.2) is 34.8 Å². The Balaban J connectivity index is 1.22. The van der Waals surface area contributed by atoms with Gasteiger partial charge in [-0.1, -0.05) is 36.4 Å². The largest absolute Gasteiger partial charge is 0.487 e. The summed E-state index contributed by atoms with van der Waals surface area (Å²) in [6.07, 6.45) is 6.47. The summed E-state index contributed by atoms with van der Waals surface area (Å²) in [7, 11) is 0. The summed E-state index contributed by atoms with van der Waals surface area (Å²) in [4.78, 5) is 31.1. The molecule has 168 valence electrons. The van der Waals surface area contributed by atoms with Crippen LogP contribution in [0, 0.1) is 5.92 Å². The number of pyridine rings is 1. The summed E-state index contributed by atoms with van der Waals surface area (Å²) in [5.41, 5.74) is 2.59. The van der Waals surface area contributed by atoms with Gasteiger partial charge in [0, 0.05) is 37.0 Å². The smallest absolute Gasteiger partial charge is 0.246 e. The minimum absolute atomic E-state index is 0.0224. The minimum atomic E-state index is -0.0723. The van der Waals surface area contributed by atoms with Gasteiger partial charge < -0.3 is 15.0 Å². The van der Waals surface area contributed by atoms with Crippen molar-refractivity contribution in [3.63, 3.8) is 0 Å². The van der Waals surface area contributed by atoms with Crippen molar-refractivity contribution in [3.05, 3.63) is 96.3 Å². The molecule has 6 heteroatoms. The van der Waals surface area contributed by atoms with E-state index in [1.54, 1.807) is 23.2 Å². The minimum Gasteiger partial charge on any atom is -0.487 e. The van der Waals surface area contributed by atoms with Gasteiger partial charge >= 0.3 is 0 Å². The standard InChI is InChI=1S/C27H27N3O3/c31-26(30-18-15-22(16-19-30)27(32)29-23-6-2-1-3-7-23)14-11-21-9-12-25(13-10-21)33-20-24-8-4-5-17-28-24/h1-14,17,22H,15-16,18-20H2,(H,29,32)/b14-11+. The molecule has 1 aromatic heterocycles. The van der Waals surface area contributed by atoms with Crippen LogP contribution in [0.15, 0.2) is 85.1 Å². The molecule has 1 saturated heterocycles. The number of nitrogens with one attached hydrogen (secondary N) is 1. The second-order valence-corrected chi connectivity index (χ2v) is 7.97. The normalized spacial score (nSPS) is 14.2. The number of para-hydroxylation sites is 1. The first kappa shape index (κ1) is 22.3. The molecule has 2 heterocycles. The van der Waals surface area contributed by atoms with Crippen LogP contribution in [0.2, 0.25) is 0 Å². The third-order valence-electron chi connectivity index (χ3n) is 5.63. The van der Waals surface area contributed by atoms with Gasteiger partial charge in [0.1, 0.15) is 12.4 Å². The summed E-state index contributed by atoms with van der Waals surface area (Å²) in [6, 6.07) is 22.8. The summed E-state index contributed by atoms with van der Waals surface area (Å²) < 4.78 is 5.74. The van der Waals surface area contributed by atoms with Crippen LogP contribution in [-0.2, 0) is 16.2 Å². The number of benzene rings is 2. The Morgan fingerprint density at radius 2 is 1.70 bits per heavy atom. The Kier molecular flexibility index (Phi) is 7.48. The SMILES string of the molecule is O=C(Nc1ccccc1)C1CCN(C(=O)/C=C/c2ccc(OCc3ccccn3)cc2)CC1. The number of amides is 2. The monoisotopic (exact) mass is 441 g/mol. The number of likely N-dealkylation sites (tertiary alicyclic amines) is 1. The van der Waals surface area contributed by atoms with Gasteiger partial charge in [-0.3, -0.25) is 14.6 Å². The average molecular weight is 442 g/mol. The summed E-state index contributed by atoms with van der Waals surface area (Å²) in [6.45, 7) is 1.57. The van der Waals surface area contributed by atoms with Gasteiger partial charge in [-0.15, -0.1) is 0 Å². The number of carbonyl (C=O) groups is 2. The van der Waals surface area contributed by atoms with Crippen molar-refractivity contribution < 1.29 is 14.3 Å². The Bertz CT molecular complexity index is 1070. The number of hydrogen-bond donors (Lipinski definition) is 1. The third kappa shape index (κ3) is 6.53. The van der Waals surface area contributed by atoms with Crippen LogP contribution in [0.1, 0.15) is 24.1 Å². The van der Waals surface area contributed by atoms with Crippen LogP contribution in [0.25, 0.3) is 6.08 Å². The Morgan fingerprint density at radius 1 is 0.970 bits per heavy atom. The van der Waals surface area contributed by atoms with Gasteiger partial charge in [-0.05, 0) is 60.9 Å². The van der Waals surface area contributed by atoms with Crippen molar-refractivity contribution in [3.8, 4) is 5.75 Å². The van der Waals surface area contributed by atoms with E-state index in [-0.39, 0.29) is 17.7 Å². The molecule has 0 aliphatic carbocycles. The first-order chi connectivity index (χ1) is 16.2. The highest BCUT2D eigenvalue weighted by molar-refractivity contribution is 5.94. The van der Waals surface area contributed by atoms with Crippen molar-refractivity contribution in [1.82, 2.24) is 9.88 Å². The molecule has 0 bridgehead atoms. The third-order valence-corrected chi connectivity index (χ3v) is 5.63. The first-order valence-corrected chi connectivity index (χ1v) is 11.1. The van der Waals surface area contributed by atoms with Crippen LogP contribution in [0.5, 0.6) is 5.75 Å². The number of rotatable bonds is 7. The first-order valence-electron chi connectivity index (χ1n) is 11.1. The molecule has 2 aromatic carbocycles. The van der Waals surface area contributed by atoms with Gasteiger partial charge in [0.05, 0.1) is 5.69 Å². The second-order valence-electron chi connectivity index (χ2n) is 7.97. The molecule has 0 spiro atoms. The van der Waals surface area contributed by atoms with Gasteiger partial charge in [0.2, 0.25) is 11.8 Å². The number of ether oxygens (including phenoxy) is 1. The number of aromatic nitrogens is 1. The van der Waals surface area contributed by atoms with Crippen LogP contribution in [0.3, 0.4) is 0 Å². The molecule has 0 radical (unpaired) electrons. The lowest BCUT2D eigenvalue weighted by atomic mass is 9.95. The van der Waals surface area contributed by atoms with Crippen molar-refractivity contribution in [2.24, 2.45) is 5.92 Å². The average Bonchev–Trinajstić information content (AvgIpc) is 2.88. The van der Waals surface area contributed by atoms with E-state index in [1.165, 1.54) is 0 Å². The molecule has 1 aliphatic rings. The number of carbonyl (C=O) groups excluding carboxylic acids is 2. The van der Waals surface area contributed by atoms with Crippen LogP contribution < -0.4 is 10.1 Å². The van der Waals surface area contributed by atoms with Crippen molar-refractivity contribution >= 4 is 23.6 Å². The predicted octanol–water partition coefficient (Wildman–Crippen LogP) is 4.55. The molecule has 0 unspecified atom stereocenters. The summed E-state index contributed by atoms with van der Waals surface area (Å²) in [5.74, 6) is 0.665. The van der Waals surface area contributed by atoms with E-state index >= 15 is 0 Å². The quantitative estimate of drug-likeness (QED) is 0.546. The zero-order valence-corrected chi connectivity index (χ0v) is 18.4. The van der Waals surface area contributed by atoms with Crippen LogP contribution >= 0.6 is 0 Å². The summed E-state index contributed by atoms with van der Waals surface area (Å²) >= 11 is 0. The number of hydrogen-bond acceptors (Lipinski definition) is 4. The maximum absolute atomic E-state index is 12.6. The van der Waals surface area contributed by atoms with E-state index in [0.717, 1.165) is 22.7 Å². The molecule has 2 amide bonds. The maximum atomic E-state index is 12.6. The molecule has 1 aliphatic heterocycles. The molecule has 4 rings (SSSR count). The fourth-order valence-electron chi connectivity index (χ4n) is 3.72. The molecule has 1 fully saturated rings. The molecule has 33 heavy (non-hydrogen) atoms. The van der Waals surface area contributed by atoms with E-state index in [0.29, 0.717) is 32.5 Å². The fourth-order valence-corrected chi connectivity index (χ4v) is 3.72. The van der Waals surface area contributed by atoms with E-state index in [2.05, 4.69) is 10.3 Å². The highest BCUT2D eigenvalue weighted by atomic mass is 16.5. The molecular formula is C27H27N3O3. The maximum Gasteiger partial charge on any atom is 0.246 e.